The van der Waals surface area contributed by atoms with E-state index in [2.05, 4.69) is 11.6 Å². The van der Waals surface area contributed by atoms with Gasteiger partial charge in [-0.1, -0.05) is 36.4 Å². The Bertz CT molecular complexity index is 862. The van der Waals surface area contributed by atoms with E-state index in [4.69, 9.17) is 5.11 Å². The highest BCUT2D eigenvalue weighted by Crippen LogP contribution is 2.08. The van der Waals surface area contributed by atoms with Gasteiger partial charge in [0.05, 0.1) is 0 Å². The zero-order valence-corrected chi connectivity index (χ0v) is 11.4. The van der Waals surface area contributed by atoms with Gasteiger partial charge in [-0.05, 0) is 0 Å². The van der Waals surface area contributed by atoms with Crippen molar-refractivity contribution in [3.05, 3.63) is 80.6 Å². The van der Waals surface area contributed by atoms with Crippen LogP contribution in [-0.2, 0) is 6.54 Å². The van der Waals surface area contributed by atoms with Crippen molar-refractivity contribution in [2.75, 3.05) is 0 Å². The first kappa shape index (κ1) is 15.2. The summed E-state index contributed by atoms with van der Waals surface area (Å²) in [7, 11) is 0. The molecule has 1 aromatic carbocycles. The Morgan fingerprint density at radius 1 is 1.23 bits per heavy atom. The number of hydrogen-bond acceptors (Lipinski definition) is 4. The van der Waals surface area contributed by atoms with Crippen LogP contribution in [0.3, 0.4) is 0 Å². The number of hydrogen-bond donors (Lipinski definition) is 2. The van der Waals surface area contributed by atoms with E-state index >= 15 is 0 Å². The zero-order chi connectivity index (χ0) is 16.3. The zero-order valence-electron chi connectivity index (χ0n) is 11.4. The van der Waals surface area contributed by atoms with E-state index in [0.29, 0.717) is 0 Å². The highest BCUT2D eigenvalue weighted by molar-refractivity contribution is 6.13. The molecule has 0 fully saturated rings. The number of rotatable bonds is 5. The number of ketones is 1. The minimum Gasteiger partial charge on any atom is -0.477 e. The number of carboxylic acid groups (broad SMARTS) is 1. The highest BCUT2D eigenvalue weighted by atomic mass is 16.4. The van der Waals surface area contributed by atoms with Gasteiger partial charge in [0.25, 0.3) is 5.56 Å². The van der Waals surface area contributed by atoms with Crippen molar-refractivity contribution < 1.29 is 14.7 Å². The van der Waals surface area contributed by atoms with Crippen LogP contribution < -0.4 is 11.2 Å². The Morgan fingerprint density at radius 3 is 2.41 bits per heavy atom. The summed E-state index contributed by atoms with van der Waals surface area (Å²) >= 11 is 0. The summed E-state index contributed by atoms with van der Waals surface area (Å²) in [6.07, 6.45) is 1.30. The Balaban J connectivity index is 2.78. The van der Waals surface area contributed by atoms with Crippen molar-refractivity contribution in [2.24, 2.45) is 0 Å². The smallest absolute Gasteiger partial charge is 0.353 e. The first-order chi connectivity index (χ1) is 10.5. The molecule has 7 heteroatoms. The van der Waals surface area contributed by atoms with Crippen LogP contribution in [0.25, 0.3) is 0 Å². The maximum Gasteiger partial charge on any atom is 0.353 e. The lowest BCUT2D eigenvalue weighted by Gasteiger charge is -2.08. The molecule has 0 atom stereocenters. The Morgan fingerprint density at radius 2 is 1.86 bits per heavy atom. The average molecular weight is 300 g/mol. The van der Waals surface area contributed by atoms with Crippen LogP contribution in [0.1, 0.15) is 26.4 Å². The van der Waals surface area contributed by atoms with Gasteiger partial charge in [0.15, 0.2) is 0 Å². The summed E-state index contributed by atoms with van der Waals surface area (Å²) in [4.78, 5) is 49.8. The lowest BCUT2D eigenvalue weighted by Crippen LogP contribution is -2.40. The fourth-order valence-electron chi connectivity index (χ4n) is 1.97. The summed E-state index contributed by atoms with van der Waals surface area (Å²) in [6, 6.07) is 7.76. The number of carbonyl (C=O) groups excluding carboxylic acids is 1. The number of benzene rings is 1. The van der Waals surface area contributed by atoms with Gasteiger partial charge in [-0.25, -0.2) is 9.59 Å². The van der Waals surface area contributed by atoms with Gasteiger partial charge in [0, 0.05) is 12.1 Å². The van der Waals surface area contributed by atoms with Crippen molar-refractivity contribution in [3.63, 3.8) is 0 Å². The minimum absolute atomic E-state index is 0.136. The summed E-state index contributed by atoms with van der Waals surface area (Å²) in [6.45, 7) is 3.28. The van der Waals surface area contributed by atoms with Crippen molar-refractivity contribution >= 4 is 11.8 Å². The molecular weight excluding hydrogens is 288 g/mol. The van der Waals surface area contributed by atoms with E-state index < -0.39 is 34.3 Å². The van der Waals surface area contributed by atoms with Gasteiger partial charge >= 0.3 is 11.7 Å². The molecule has 0 spiro atoms. The molecule has 0 amide bonds. The number of aromatic nitrogens is 2. The highest BCUT2D eigenvalue weighted by Gasteiger charge is 2.25. The van der Waals surface area contributed by atoms with Crippen LogP contribution in [0.4, 0.5) is 0 Å². The van der Waals surface area contributed by atoms with E-state index in [-0.39, 0.29) is 12.1 Å². The summed E-state index contributed by atoms with van der Waals surface area (Å²) in [5.41, 5.74) is -3.02. The van der Waals surface area contributed by atoms with Crippen LogP contribution >= 0.6 is 0 Å². The maximum atomic E-state index is 12.4. The SMILES string of the molecule is C=CCn1c(=O)[nH]c(C(=O)O)c(C(=O)c2ccccc2)c1=O. The van der Waals surface area contributed by atoms with Gasteiger partial charge < -0.3 is 10.1 Å². The standard InChI is InChI=1S/C15H12N2O5/c1-2-8-17-13(19)10(11(14(20)21)16-15(17)22)12(18)9-6-4-3-5-7-9/h2-7H,1,8H2,(H,16,22)(H,20,21). The quantitative estimate of drug-likeness (QED) is 0.622. The second-order valence-electron chi connectivity index (χ2n) is 4.38. The van der Waals surface area contributed by atoms with Crippen molar-refractivity contribution in [2.45, 2.75) is 6.54 Å². The number of nitrogens with zero attached hydrogens (tertiary/aromatic N) is 1. The molecule has 0 saturated heterocycles. The van der Waals surface area contributed by atoms with Gasteiger partial charge in [-0.2, -0.15) is 0 Å². The fourth-order valence-corrected chi connectivity index (χ4v) is 1.97. The van der Waals surface area contributed by atoms with Crippen LogP contribution in [-0.4, -0.2) is 26.4 Å². The predicted molar refractivity (Wildman–Crippen MR) is 78.4 cm³/mol. The number of H-pyrrole nitrogens is 1. The van der Waals surface area contributed by atoms with Crippen molar-refractivity contribution in [1.29, 1.82) is 0 Å². The van der Waals surface area contributed by atoms with E-state index in [1.165, 1.54) is 18.2 Å². The van der Waals surface area contributed by atoms with Gasteiger partial charge in [0.2, 0.25) is 5.78 Å². The minimum atomic E-state index is -1.56. The second kappa shape index (κ2) is 6.04. The molecule has 0 aliphatic heterocycles. The molecule has 2 aromatic rings. The van der Waals surface area contributed by atoms with E-state index in [1.54, 1.807) is 18.2 Å². The molecule has 0 unspecified atom stereocenters. The lowest BCUT2D eigenvalue weighted by atomic mass is 10.0. The third-order valence-corrected chi connectivity index (χ3v) is 2.97. The number of allylic oxidation sites excluding steroid dienone is 1. The van der Waals surface area contributed by atoms with E-state index in [9.17, 15) is 19.2 Å². The number of aromatic amines is 1. The van der Waals surface area contributed by atoms with E-state index in [0.717, 1.165) is 4.57 Å². The van der Waals surface area contributed by atoms with Crippen LogP contribution in [0.2, 0.25) is 0 Å². The fraction of sp³-hybridized carbons (Fsp3) is 0.0667. The molecule has 0 bridgehead atoms. The largest absolute Gasteiger partial charge is 0.477 e. The number of aromatic carboxylic acids is 1. The normalized spacial score (nSPS) is 10.2. The molecule has 1 heterocycles. The van der Waals surface area contributed by atoms with Crippen molar-refractivity contribution in [1.82, 2.24) is 9.55 Å². The third-order valence-electron chi connectivity index (χ3n) is 2.97. The number of carboxylic acids is 1. The first-order valence-corrected chi connectivity index (χ1v) is 6.28. The molecule has 2 N–H and O–H groups in total. The molecule has 7 nitrogen and oxygen atoms in total. The summed E-state index contributed by atoms with van der Waals surface area (Å²) in [5, 5.41) is 9.14. The van der Waals surface area contributed by atoms with Crippen molar-refractivity contribution in [3.8, 4) is 0 Å². The maximum absolute atomic E-state index is 12.4. The molecule has 0 radical (unpaired) electrons. The van der Waals surface area contributed by atoms with Gasteiger partial charge in [-0.3, -0.25) is 14.2 Å². The number of carbonyl (C=O) groups is 2. The molecule has 0 aliphatic rings. The summed E-state index contributed by atoms with van der Waals surface area (Å²) < 4.78 is 0.718. The Hall–Kier alpha value is -3.22. The Kier molecular flexibility index (Phi) is 4.17. The van der Waals surface area contributed by atoms with Crippen LogP contribution in [0.5, 0.6) is 0 Å². The molecule has 0 saturated carbocycles. The molecule has 112 valence electrons. The van der Waals surface area contributed by atoms with Crippen LogP contribution in [0.15, 0.2) is 52.6 Å². The predicted octanol–water partition coefficient (Wildman–Crippen LogP) is 0.652. The Labute approximate surface area is 124 Å². The number of nitrogens with one attached hydrogen (secondary N) is 1. The van der Waals surface area contributed by atoms with E-state index in [1.807, 2.05) is 0 Å². The average Bonchev–Trinajstić information content (AvgIpc) is 2.51. The lowest BCUT2D eigenvalue weighted by molar-refractivity contribution is 0.0684. The van der Waals surface area contributed by atoms with Gasteiger partial charge in [-0.15, -0.1) is 6.58 Å². The van der Waals surface area contributed by atoms with Gasteiger partial charge in [0.1, 0.15) is 11.3 Å². The topological polar surface area (TPSA) is 109 Å². The first-order valence-electron chi connectivity index (χ1n) is 6.28. The van der Waals surface area contributed by atoms with Crippen LogP contribution in [0, 0.1) is 0 Å². The molecule has 2 rings (SSSR count). The third kappa shape index (κ3) is 2.64. The molecule has 0 aliphatic carbocycles. The molecular formula is C15H12N2O5. The molecule has 22 heavy (non-hydrogen) atoms. The monoisotopic (exact) mass is 300 g/mol. The summed E-state index contributed by atoms with van der Waals surface area (Å²) in [5.74, 6) is -2.32. The second-order valence-corrected chi connectivity index (χ2v) is 4.38. The molecule has 1 aromatic heterocycles.